The molecule has 0 spiro atoms. The second-order valence-electron chi connectivity index (χ2n) is 4.14. The van der Waals surface area contributed by atoms with E-state index in [-0.39, 0.29) is 6.04 Å². The summed E-state index contributed by atoms with van der Waals surface area (Å²) in [5, 5.41) is 0. The molecule has 2 rings (SSSR count). The molecule has 1 atom stereocenters. The van der Waals surface area contributed by atoms with Crippen LogP contribution in [0.25, 0.3) is 0 Å². The van der Waals surface area contributed by atoms with Crippen molar-refractivity contribution in [2.45, 2.75) is 25.3 Å². The van der Waals surface area contributed by atoms with Gasteiger partial charge in [-0.15, -0.1) is 0 Å². The summed E-state index contributed by atoms with van der Waals surface area (Å²) in [5.41, 5.74) is 20.0. The molecule has 0 amide bonds. The van der Waals surface area contributed by atoms with Crippen molar-refractivity contribution in [1.29, 1.82) is 0 Å². The molecule has 0 radical (unpaired) electrons. The van der Waals surface area contributed by atoms with E-state index in [4.69, 9.17) is 17.2 Å². The Kier molecular flexibility index (Phi) is 2.33. The Morgan fingerprint density at radius 2 is 2.00 bits per heavy atom. The van der Waals surface area contributed by atoms with Gasteiger partial charge in [0.1, 0.15) is 0 Å². The highest BCUT2D eigenvalue weighted by molar-refractivity contribution is 5.67. The van der Waals surface area contributed by atoms with Crippen LogP contribution in [0.5, 0.6) is 0 Å². The van der Waals surface area contributed by atoms with Crippen molar-refractivity contribution >= 4 is 11.4 Å². The van der Waals surface area contributed by atoms with Gasteiger partial charge >= 0.3 is 0 Å². The number of nitrogens with two attached hydrogens (primary N) is 3. The van der Waals surface area contributed by atoms with Gasteiger partial charge in [0.25, 0.3) is 0 Å². The molecule has 0 saturated heterocycles. The van der Waals surface area contributed by atoms with E-state index in [0.717, 1.165) is 17.9 Å². The van der Waals surface area contributed by atoms with Crippen LogP contribution in [0.3, 0.4) is 0 Å². The summed E-state index contributed by atoms with van der Waals surface area (Å²) < 4.78 is 0. The van der Waals surface area contributed by atoms with E-state index < -0.39 is 0 Å². The summed E-state index contributed by atoms with van der Waals surface area (Å²) in [6.07, 6.45) is 3.67. The highest BCUT2D eigenvalue weighted by Gasteiger charge is 2.25. The van der Waals surface area contributed by atoms with Crippen molar-refractivity contribution in [2.24, 2.45) is 11.7 Å². The fourth-order valence-electron chi connectivity index (χ4n) is 1.76. The van der Waals surface area contributed by atoms with Crippen molar-refractivity contribution < 1.29 is 0 Å². The number of para-hydroxylation sites is 1. The van der Waals surface area contributed by atoms with Crippen molar-refractivity contribution in [3.8, 4) is 0 Å². The molecule has 1 aliphatic rings. The van der Waals surface area contributed by atoms with Crippen molar-refractivity contribution in [3.63, 3.8) is 0 Å². The van der Waals surface area contributed by atoms with Crippen LogP contribution in [-0.4, -0.2) is 0 Å². The summed E-state index contributed by atoms with van der Waals surface area (Å²) >= 11 is 0. The van der Waals surface area contributed by atoms with Crippen LogP contribution in [0, 0.1) is 5.92 Å². The second-order valence-corrected chi connectivity index (χ2v) is 4.14. The molecule has 1 aromatic rings. The third-order valence-electron chi connectivity index (χ3n) is 2.86. The lowest BCUT2D eigenvalue weighted by Gasteiger charge is -2.15. The Bertz CT molecular complexity index is 331. The summed E-state index contributed by atoms with van der Waals surface area (Å²) in [6, 6.07) is 5.74. The first kappa shape index (κ1) is 9.34. The zero-order chi connectivity index (χ0) is 10.1. The number of nitrogen functional groups attached to an aromatic ring is 2. The van der Waals surface area contributed by atoms with Crippen LogP contribution in [0.4, 0.5) is 11.4 Å². The Morgan fingerprint density at radius 1 is 1.29 bits per heavy atom. The van der Waals surface area contributed by atoms with Gasteiger partial charge in [-0.1, -0.05) is 25.0 Å². The Morgan fingerprint density at radius 3 is 2.64 bits per heavy atom. The smallest absolute Gasteiger partial charge is 0.0596 e. The number of benzene rings is 1. The van der Waals surface area contributed by atoms with Gasteiger partial charge < -0.3 is 17.2 Å². The van der Waals surface area contributed by atoms with Crippen LogP contribution in [0.15, 0.2) is 18.2 Å². The van der Waals surface area contributed by atoms with Gasteiger partial charge in [0.15, 0.2) is 0 Å². The predicted octanol–water partition coefficient (Wildman–Crippen LogP) is 1.65. The SMILES string of the molecule is Nc1cccc(C(N)CC2CC2)c1N. The lowest BCUT2D eigenvalue weighted by molar-refractivity contribution is 0.598. The summed E-state index contributed by atoms with van der Waals surface area (Å²) in [7, 11) is 0. The Hall–Kier alpha value is -1.22. The monoisotopic (exact) mass is 191 g/mol. The molecule has 1 aromatic carbocycles. The molecule has 1 saturated carbocycles. The molecule has 0 aromatic heterocycles. The standard InChI is InChI=1S/C11H17N3/c12-9-3-1-2-8(11(9)14)10(13)6-7-4-5-7/h1-3,7,10H,4-6,12-14H2. The zero-order valence-corrected chi connectivity index (χ0v) is 8.24. The maximum atomic E-state index is 6.07. The maximum Gasteiger partial charge on any atom is 0.0596 e. The quantitative estimate of drug-likeness (QED) is 0.636. The minimum atomic E-state index is 0.0472. The molecule has 0 aliphatic heterocycles. The lowest BCUT2D eigenvalue weighted by Crippen LogP contribution is -2.14. The van der Waals surface area contributed by atoms with E-state index in [1.807, 2.05) is 18.2 Å². The van der Waals surface area contributed by atoms with Crippen LogP contribution < -0.4 is 17.2 Å². The second kappa shape index (κ2) is 3.50. The minimum absolute atomic E-state index is 0.0472. The fourth-order valence-corrected chi connectivity index (χ4v) is 1.76. The molecule has 1 unspecified atom stereocenters. The highest BCUT2D eigenvalue weighted by atomic mass is 14.7. The molecule has 0 heterocycles. The number of hydrogen-bond donors (Lipinski definition) is 3. The molecule has 1 aliphatic carbocycles. The highest BCUT2D eigenvalue weighted by Crippen LogP contribution is 2.38. The van der Waals surface area contributed by atoms with E-state index in [1.54, 1.807) is 0 Å². The molecule has 14 heavy (non-hydrogen) atoms. The van der Waals surface area contributed by atoms with Crippen LogP contribution >= 0.6 is 0 Å². The molecular weight excluding hydrogens is 174 g/mol. The van der Waals surface area contributed by atoms with E-state index in [9.17, 15) is 0 Å². The van der Waals surface area contributed by atoms with Gasteiger partial charge in [-0.05, 0) is 24.0 Å². The number of anilines is 2. The maximum absolute atomic E-state index is 6.07. The van der Waals surface area contributed by atoms with Gasteiger partial charge in [-0.2, -0.15) is 0 Å². The van der Waals surface area contributed by atoms with Gasteiger partial charge in [0, 0.05) is 6.04 Å². The van der Waals surface area contributed by atoms with Crippen LogP contribution in [0.2, 0.25) is 0 Å². The molecule has 0 bridgehead atoms. The first-order chi connectivity index (χ1) is 6.68. The van der Waals surface area contributed by atoms with E-state index in [2.05, 4.69) is 0 Å². The Labute approximate surface area is 84.3 Å². The van der Waals surface area contributed by atoms with Crippen LogP contribution in [-0.2, 0) is 0 Å². The molecule has 3 nitrogen and oxygen atoms in total. The number of rotatable bonds is 3. The predicted molar refractivity (Wildman–Crippen MR) is 59.5 cm³/mol. The summed E-state index contributed by atoms with van der Waals surface area (Å²) in [5.74, 6) is 0.811. The molecule has 6 N–H and O–H groups in total. The summed E-state index contributed by atoms with van der Waals surface area (Å²) in [6.45, 7) is 0. The molecule has 3 heteroatoms. The normalized spacial score (nSPS) is 18.1. The minimum Gasteiger partial charge on any atom is -0.397 e. The van der Waals surface area contributed by atoms with Gasteiger partial charge in [0.2, 0.25) is 0 Å². The molecule has 76 valence electrons. The zero-order valence-electron chi connectivity index (χ0n) is 8.24. The average molecular weight is 191 g/mol. The van der Waals surface area contributed by atoms with Crippen molar-refractivity contribution in [2.75, 3.05) is 11.5 Å². The van der Waals surface area contributed by atoms with Crippen molar-refractivity contribution in [3.05, 3.63) is 23.8 Å². The van der Waals surface area contributed by atoms with Gasteiger partial charge in [-0.25, -0.2) is 0 Å². The number of hydrogen-bond acceptors (Lipinski definition) is 3. The fraction of sp³-hybridized carbons (Fsp3) is 0.455. The largest absolute Gasteiger partial charge is 0.397 e. The first-order valence-electron chi connectivity index (χ1n) is 5.08. The third-order valence-corrected chi connectivity index (χ3v) is 2.86. The van der Waals surface area contributed by atoms with Gasteiger partial charge in [0.05, 0.1) is 11.4 Å². The Balaban J connectivity index is 2.16. The average Bonchev–Trinajstić information content (AvgIpc) is 2.93. The van der Waals surface area contributed by atoms with E-state index >= 15 is 0 Å². The summed E-state index contributed by atoms with van der Waals surface area (Å²) in [4.78, 5) is 0. The molecular formula is C11H17N3. The van der Waals surface area contributed by atoms with Gasteiger partial charge in [-0.3, -0.25) is 0 Å². The van der Waals surface area contributed by atoms with E-state index in [0.29, 0.717) is 11.4 Å². The topological polar surface area (TPSA) is 78.1 Å². The first-order valence-corrected chi connectivity index (χ1v) is 5.08. The van der Waals surface area contributed by atoms with E-state index in [1.165, 1.54) is 12.8 Å². The van der Waals surface area contributed by atoms with Crippen LogP contribution in [0.1, 0.15) is 30.9 Å². The van der Waals surface area contributed by atoms with Crippen molar-refractivity contribution in [1.82, 2.24) is 0 Å². The third kappa shape index (κ3) is 1.82. The molecule has 1 fully saturated rings. The lowest BCUT2D eigenvalue weighted by atomic mass is 10.00.